The molecule has 0 aromatic heterocycles. The smallest absolute Gasteiger partial charge is 0.319 e. The second kappa shape index (κ2) is 8.56. The summed E-state index contributed by atoms with van der Waals surface area (Å²) in [6.07, 6.45) is 3.97. The fourth-order valence-corrected chi connectivity index (χ4v) is 1.98. The minimum Gasteiger partial charge on any atom is -0.481 e. The Hall–Kier alpha value is -3.04. The lowest BCUT2D eigenvalue weighted by Crippen LogP contribution is -2.32. The van der Waals surface area contributed by atoms with Crippen molar-refractivity contribution >= 4 is 11.7 Å². The Morgan fingerprint density at radius 1 is 1.25 bits per heavy atom. The molecule has 2 rings (SSSR count). The van der Waals surface area contributed by atoms with Gasteiger partial charge in [-0.1, -0.05) is 24.1 Å². The third-order valence-electron chi connectivity index (χ3n) is 3.15. The van der Waals surface area contributed by atoms with Crippen molar-refractivity contribution in [3.8, 4) is 18.1 Å². The summed E-state index contributed by atoms with van der Waals surface area (Å²) in [5, 5.41) is 15.0. The van der Waals surface area contributed by atoms with Gasteiger partial charge in [-0.15, -0.1) is 6.42 Å². The number of nitrogens with one attached hydrogen (secondary N) is 2. The summed E-state index contributed by atoms with van der Waals surface area (Å²) in [4.78, 5) is 11.8. The normalized spacial score (nSPS) is 11.2. The largest absolute Gasteiger partial charge is 0.481 e. The molecule has 0 saturated heterocycles. The highest BCUT2D eigenvalue weighted by Crippen LogP contribution is 2.17. The van der Waals surface area contributed by atoms with E-state index < -0.39 is 18.0 Å². The van der Waals surface area contributed by atoms with Gasteiger partial charge in [0.25, 0.3) is 0 Å². The summed E-state index contributed by atoms with van der Waals surface area (Å²) in [5.74, 6) is 2.43. The van der Waals surface area contributed by atoms with Crippen molar-refractivity contribution in [3.05, 3.63) is 59.9 Å². The second-order valence-electron chi connectivity index (χ2n) is 4.89. The third-order valence-corrected chi connectivity index (χ3v) is 3.15. The minimum atomic E-state index is -1.13. The number of carbonyl (C=O) groups excluding carboxylic acids is 1. The number of urea groups is 1. The molecule has 3 N–H and O–H groups in total. The molecule has 1 atom stereocenters. The lowest BCUT2D eigenvalue weighted by molar-refractivity contribution is 0.170. The number of carbonyl (C=O) groups is 1. The van der Waals surface area contributed by atoms with Crippen LogP contribution in [0.4, 0.5) is 14.9 Å². The van der Waals surface area contributed by atoms with Crippen molar-refractivity contribution in [1.82, 2.24) is 5.32 Å². The molecule has 2 aromatic carbocycles. The maximum atomic E-state index is 13.5. The molecule has 0 radical (unpaired) electrons. The molecule has 0 aliphatic carbocycles. The van der Waals surface area contributed by atoms with Gasteiger partial charge in [-0.25, -0.2) is 9.18 Å². The monoisotopic (exact) mass is 328 g/mol. The van der Waals surface area contributed by atoms with Crippen LogP contribution in [0, 0.1) is 18.2 Å². The number of rotatable bonds is 6. The first kappa shape index (κ1) is 17.3. The van der Waals surface area contributed by atoms with Crippen molar-refractivity contribution in [2.45, 2.75) is 6.10 Å². The van der Waals surface area contributed by atoms with E-state index in [2.05, 4.69) is 16.6 Å². The van der Waals surface area contributed by atoms with Gasteiger partial charge in [-0.05, 0) is 30.3 Å². The molecule has 0 heterocycles. The van der Waals surface area contributed by atoms with Crippen LogP contribution in [0.5, 0.6) is 5.75 Å². The van der Waals surface area contributed by atoms with Crippen molar-refractivity contribution in [2.75, 3.05) is 18.5 Å². The van der Waals surface area contributed by atoms with Gasteiger partial charge in [0, 0.05) is 17.8 Å². The van der Waals surface area contributed by atoms with E-state index in [9.17, 15) is 14.3 Å². The van der Waals surface area contributed by atoms with E-state index in [0.717, 1.165) is 0 Å². The van der Waals surface area contributed by atoms with Crippen LogP contribution in [-0.4, -0.2) is 24.3 Å². The molecule has 24 heavy (non-hydrogen) atoms. The summed E-state index contributed by atoms with van der Waals surface area (Å²) in [6.45, 7) is 0.0529. The van der Waals surface area contributed by atoms with Gasteiger partial charge in [0.15, 0.2) is 0 Å². The lowest BCUT2D eigenvalue weighted by Gasteiger charge is -2.13. The van der Waals surface area contributed by atoms with Crippen LogP contribution in [0.15, 0.2) is 48.5 Å². The zero-order valence-electron chi connectivity index (χ0n) is 12.8. The Balaban J connectivity index is 1.83. The van der Waals surface area contributed by atoms with Crippen molar-refractivity contribution in [2.24, 2.45) is 0 Å². The second-order valence-corrected chi connectivity index (χ2v) is 4.89. The van der Waals surface area contributed by atoms with E-state index in [0.29, 0.717) is 11.4 Å². The average Bonchev–Trinajstić information content (AvgIpc) is 2.59. The highest BCUT2D eigenvalue weighted by Gasteiger charge is 2.13. The number of aliphatic hydroxyl groups is 1. The molecular formula is C18H17FN2O3. The van der Waals surface area contributed by atoms with E-state index in [1.165, 1.54) is 18.2 Å². The van der Waals surface area contributed by atoms with Crippen LogP contribution in [0.3, 0.4) is 0 Å². The van der Waals surface area contributed by atoms with Crippen LogP contribution in [0.1, 0.15) is 11.7 Å². The number of ether oxygens (including phenoxy) is 1. The fourth-order valence-electron chi connectivity index (χ4n) is 1.98. The molecule has 0 spiro atoms. The molecule has 0 saturated carbocycles. The third kappa shape index (κ3) is 5.00. The highest BCUT2D eigenvalue weighted by molar-refractivity contribution is 5.89. The number of terminal acetylenes is 1. The van der Waals surface area contributed by atoms with Gasteiger partial charge in [-0.3, -0.25) is 0 Å². The number of benzene rings is 2. The summed E-state index contributed by atoms with van der Waals surface area (Å²) in [7, 11) is 0. The first-order valence-electron chi connectivity index (χ1n) is 7.24. The van der Waals surface area contributed by atoms with Crippen molar-refractivity contribution < 1.29 is 19.0 Å². The van der Waals surface area contributed by atoms with E-state index in [-0.39, 0.29) is 18.7 Å². The predicted octanol–water partition coefficient (Wildman–Crippen LogP) is 2.69. The highest BCUT2D eigenvalue weighted by atomic mass is 19.1. The van der Waals surface area contributed by atoms with E-state index in [1.807, 2.05) is 0 Å². The predicted molar refractivity (Wildman–Crippen MR) is 89.2 cm³/mol. The molecule has 0 bridgehead atoms. The van der Waals surface area contributed by atoms with Crippen LogP contribution >= 0.6 is 0 Å². The number of halogens is 1. The zero-order valence-corrected chi connectivity index (χ0v) is 12.8. The van der Waals surface area contributed by atoms with Crippen molar-refractivity contribution in [3.63, 3.8) is 0 Å². The Labute approximate surface area is 139 Å². The molecule has 5 nitrogen and oxygen atoms in total. The van der Waals surface area contributed by atoms with Gasteiger partial charge >= 0.3 is 6.03 Å². The van der Waals surface area contributed by atoms with E-state index in [1.54, 1.807) is 30.3 Å². The van der Waals surface area contributed by atoms with Gasteiger partial charge in [-0.2, -0.15) is 0 Å². The Bertz CT molecular complexity index is 726. The standard InChI is InChI=1S/C18H17FN2O3/c1-2-11-24-14-9-7-13(8-10-14)21-18(23)20-12-17(22)15-5-3-4-6-16(15)19/h1,3-10,17,22H,11-12H2,(H2,20,21,23). The molecule has 2 amide bonds. The van der Waals surface area contributed by atoms with E-state index in [4.69, 9.17) is 11.2 Å². The molecule has 2 aromatic rings. The molecule has 1 unspecified atom stereocenters. The van der Waals surface area contributed by atoms with Crippen LogP contribution < -0.4 is 15.4 Å². The summed E-state index contributed by atoms with van der Waals surface area (Å²) < 4.78 is 18.7. The molecule has 124 valence electrons. The quantitative estimate of drug-likeness (QED) is 0.714. The van der Waals surface area contributed by atoms with Gasteiger partial charge < -0.3 is 20.5 Å². The first-order chi connectivity index (χ1) is 11.6. The van der Waals surface area contributed by atoms with Gasteiger partial charge in [0.1, 0.15) is 18.2 Å². The molecule has 0 aliphatic heterocycles. The van der Waals surface area contributed by atoms with Crippen LogP contribution in [0.2, 0.25) is 0 Å². The first-order valence-corrected chi connectivity index (χ1v) is 7.24. The number of hydrogen-bond acceptors (Lipinski definition) is 3. The Morgan fingerprint density at radius 2 is 1.96 bits per heavy atom. The van der Waals surface area contributed by atoms with Gasteiger partial charge in [0.05, 0.1) is 6.10 Å². The maximum absolute atomic E-state index is 13.5. The Kier molecular flexibility index (Phi) is 6.17. The van der Waals surface area contributed by atoms with Crippen molar-refractivity contribution in [1.29, 1.82) is 0 Å². The number of aliphatic hydroxyl groups excluding tert-OH is 1. The molecule has 6 heteroatoms. The Morgan fingerprint density at radius 3 is 2.62 bits per heavy atom. The molecular weight excluding hydrogens is 311 g/mol. The van der Waals surface area contributed by atoms with Gasteiger partial charge in [0.2, 0.25) is 0 Å². The summed E-state index contributed by atoms with van der Waals surface area (Å²) in [6, 6.07) is 12.0. The summed E-state index contributed by atoms with van der Waals surface area (Å²) in [5.41, 5.74) is 0.675. The minimum absolute atomic E-state index is 0.115. The SMILES string of the molecule is C#CCOc1ccc(NC(=O)NCC(O)c2ccccc2F)cc1. The summed E-state index contributed by atoms with van der Waals surface area (Å²) >= 11 is 0. The van der Waals surface area contributed by atoms with Crippen LogP contribution in [-0.2, 0) is 0 Å². The fraction of sp³-hybridized carbons (Fsp3) is 0.167. The van der Waals surface area contributed by atoms with Crippen LogP contribution in [0.25, 0.3) is 0 Å². The van der Waals surface area contributed by atoms with E-state index >= 15 is 0 Å². The average molecular weight is 328 g/mol. The molecule has 0 aliphatic rings. The topological polar surface area (TPSA) is 70.6 Å². The number of hydrogen-bond donors (Lipinski definition) is 3. The zero-order chi connectivity index (χ0) is 17.4. The number of anilines is 1. The molecule has 0 fully saturated rings. The maximum Gasteiger partial charge on any atom is 0.319 e. The number of amides is 2. The lowest BCUT2D eigenvalue weighted by atomic mass is 10.1.